The number of benzene rings is 2. The second kappa shape index (κ2) is 10.2. The van der Waals surface area contributed by atoms with Gasteiger partial charge in [-0.15, -0.1) is 0 Å². The number of carbonyl (C=O) groups excluding carboxylic acids is 1. The van der Waals surface area contributed by atoms with Gasteiger partial charge in [-0.1, -0.05) is 25.1 Å². The van der Waals surface area contributed by atoms with Gasteiger partial charge in [-0.2, -0.15) is 5.06 Å². The summed E-state index contributed by atoms with van der Waals surface area (Å²) in [5.41, 5.74) is 8.71. The normalized spacial score (nSPS) is 20.6. The second-order valence-electron chi connectivity index (χ2n) is 8.29. The number of ether oxygens (including phenoxy) is 1. The third-order valence-corrected chi connectivity index (χ3v) is 6.03. The van der Waals surface area contributed by atoms with Gasteiger partial charge in [0.15, 0.2) is 0 Å². The highest BCUT2D eigenvalue weighted by molar-refractivity contribution is 5.92. The van der Waals surface area contributed by atoms with Crippen LogP contribution in [0.3, 0.4) is 0 Å². The second-order valence-corrected chi connectivity index (χ2v) is 8.29. The predicted molar refractivity (Wildman–Crippen MR) is 124 cm³/mol. The summed E-state index contributed by atoms with van der Waals surface area (Å²) in [4.78, 5) is 31.6. The van der Waals surface area contributed by atoms with E-state index in [9.17, 15) is 19.8 Å². The molecule has 1 saturated heterocycles. The summed E-state index contributed by atoms with van der Waals surface area (Å²) in [6.45, 7) is 1.91. The molecule has 0 aliphatic carbocycles. The van der Waals surface area contributed by atoms with Gasteiger partial charge in [-0.3, -0.25) is 9.63 Å². The Balaban J connectivity index is 2.04. The molecule has 1 amide bonds. The van der Waals surface area contributed by atoms with Crippen molar-refractivity contribution >= 4 is 17.6 Å². The maximum absolute atomic E-state index is 12.2. The molecule has 1 aliphatic rings. The van der Waals surface area contributed by atoms with Gasteiger partial charge in [0.2, 0.25) is 5.91 Å². The Bertz CT molecular complexity index is 1030. The number of anilines is 1. The van der Waals surface area contributed by atoms with Crippen LogP contribution in [0.2, 0.25) is 0 Å². The Kier molecular flexibility index (Phi) is 7.57. The van der Waals surface area contributed by atoms with E-state index in [1.165, 1.54) is 12.2 Å². The summed E-state index contributed by atoms with van der Waals surface area (Å²) in [6.07, 6.45) is 0.110. The van der Waals surface area contributed by atoms with Crippen LogP contribution in [0.4, 0.5) is 5.69 Å². The zero-order valence-electron chi connectivity index (χ0n) is 19.3. The van der Waals surface area contributed by atoms with Crippen molar-refractivity contribution in [3.8, 4) is 16.9 Å². The molecule has 1 aliphatic heterocycles. The summed E-state index contributed by atoms with van der Waals surface area (Å²) >= 11 is 0. The van der Waals surface area contributed by atoms with E-state index in [0.717, 1.165) is 11.3 Å². The molecule has 2 aromatic carbocycles. The molecule has 9 nitrogen and oxygen atoms in total. The van der Waals surface area contributed by atoms with Gasteiger partial charge in [0.05, 0.1) is 25.8 Å². The lowest BCUT2D eigenvalue weighted by molar-refractivity contribution is -0.180. The van der Waals surface area contributed by atoms with Gasteiger partial charge in [0, 0.05) is 36.8 Å². The number of aliphatic hydroxyl groups excluding tert-OH is 1. The SMILES string of the molecule is CCC1C(C(N)=O)N(Cc2cccc(-c3cc(C(=O)O)cc(N(C)C)c3)c2OC)O[C@H]1CO. The standard InChI is InChI=1S/C24H31N3O6/c1-5-18-20(13-28)33-27(21(18)23(25)29)12-14-7-6-8-19(22(14)32-4)15-9-16(24(30)31)11-17(10-15)26(2)3/h6-11,18,20-21,28H,5,12-13H2,1-4H3,(H2,25,29)(H,30,31)/t18?,20-,21?/m0/s1. The number of primary amides is 1. The topological polar surface area (TPSA) is 126 Å². The molecule has 0 radical (unpaired) electrons. The van der Waals surface area contributed by atoms with Crippen LogP contribution >= 0.6 is 0 Å². The first-order valence-electron chi connectivity index (χ1n) is 10.8. The number of nitrogens with two attached hydrogens (primary N) is 1. The maximum Gasteiger partial charge on any atom is 0.335 e. The monoisotopic (exact) mass is 457 g/mol. The van der Waals surface area contributed by atoms with E-state index in [1.807, 2.05) is 50.2 Å². The van der Waals surface area contributed by atoms with Crippen molar-refractivity contribution in [2.75, 3.05) is 32.7 Å². The van der Waals surface area contributed by atoms with Gasteiger partial charge >= 0.3 is 5.97 Å². The molecule has 3 rings (SSSR count). The number of para-hydroxylation sites is 1. The minimum atomic E-state index is -1.02. The number of aliphatic hydroxyl groups is 1. The highest BCUT2D eigenvalue weighted by atomic mass is 16.7. The molecule has 178 valence electrons. The smallest absolute Gasteiger partial charge is 0.335 e. The Morgan fingerprint density at radius 1 is 1.24 bits per heavy atom. The number of hydroxylamine groups is 2. The van der Waals surface area contributed by atoms with Crippen molar-refractivity contribution in [2.45, 2.75) is 32.0 Å². The molecule has 1 heterocycles. The molecule has 0 aromatic heterocycles. The van der Waals surface area contributed by atoms with Gasteiger partial charge in [-0.25, -0.2) is 4.79 Å². The van der Waals surface area contributed by atoms with E-state index >= 15 is 0 Å². The largest absolute Gasteiger partial charge is 0.496 e. The fraction of sp³-hybridized carbons (Fsp3) is 0.417. The highest BCUT2D eigenvalue weighted by Gasteiger charge is 2.45. The molecular weight excluding hydrogens is 426 g/mol. The molecule has 2 aromatic rings. The lowest BCUT2D eigenvalue weighted by Gasteiger charge is -2.24. The Labute approximate surface area is 193 Å². The summed E-state index contributed by atoms with van der Waals surface area (Å²) in [5, 5.41) is 20.8. The van der Waals surface area contributed by atoms with E-state index < -0.39 is 24.0 Å². The Morgan fingerprint density at radius 3 is 2.52 bits per heavy atom. The van der Waals surface area contributed by atoms with Crippen LogP contribution in [-0.4, -0.2) is 67.1 Å². The van der Waals surface area contributed by atoms with E-state index in [0.29, 0.717) is 23.3 Å². The van der Waals surface area contributed by atoms with Crippen molar-refractivity contribution in [1.29, 1.82) is 0 Å². The van der Waals surface area contributed by atoms with E-state index in [4.69, 9.17) is 15.3 Å². The third kappa shape index (κ3) is 4.95. The van der Waals surface area contributed by atoms with Gasteiger partial charge in [0.1, 0.15) is 17.9 Å². The number of hydrogen-bond acceptors (Lipinski definition) is 7. The number of amides is 1. The predicted octanol–water partition coefficient (Wildman–Crippen LogP) is 2.11. The minimum absolute atomic E-state index is 0.164. The van der Waals surface area contributed by atoms with E-state index in [-0.39, 0.29) is 24.6 Å². The molecule has 3 atom stereocenters. The molecule has 0 bridgehead atoms. The lowest BCUT2D eigenvalue weighted by Crippen LogP contribution is -2.43. The van der Waals surface area contributed by atoms with Crippen LogP contribution in [0.25, 0.3) is 11.1 Å². The highest BCUT2D eigenvalue weighted by Crippen LogP contribution is 2.38. The van der Waals surface area contributed by atoms with Gasteiger partial charge in [-0.05, 0) is 30.2 Å². The number of methoxy groups -OCH3 is 1. The van der Waals surface area contributed by atoms with Crippen LogP contribution in [0, 0.1) is 5.92 Å². The molecule has 0 spiro atoms. The zero-order valence-corrected chi connectivity index (χ0v) is 19.3. The van der Waals surface area contributed by atoms with E-state index in [1.54, 1.807) is 12.1 Å². The number of carbonyl (C=O) groups is 2. The number of aromatic carboxylic acids is 1. The Hall–Kier alpha value is -3.14. The first kappa shape index (κ1) is 24.5. The van der Waals surface area contributed by atoms with Crippen molar-refractivity contribution in [2.24, 2.45) is 11.7 Å². The molecule has 4 N–H and O–H groups in total. The number of carboxylic acid groups (broad SMARTS) is 1. The quantitative estimate of drug-likeness (QED) is 0.523. The first-order chi connectivity index (χ1) is 15.7. The van der Waals surface area contributed by atoms with Crippen LogP contribution in [0.5, 0.6) is 5.75 Å². The molecular formula is C24H31N3O6. The van der Waals surface area contributed by atoms with Crippen LogP contribution in [0.1, 0.15) is 29.3 Å². The average Bonchev–Trinajstić information content (AvgIpc) is 3.16. The number of nitrogens with zero attached hydrogens (tertiary/aromatic N) is 2. The fourth-order valence-corrected chi connectivity index (χ4v) is 4.37. The molecule has 1 fully saturated rings. The zero-order chi connectivity index (χ0) is 24.3. The number of rotatable bonds is 9. The molecule has 9 heteroatoms. The van der Waals surface area contributed by atoms with Crippen LogP contribution < -0.4 is 15.4 Å². The van der Waals surface area contributed by atoms with Crippen LogP contribution in [0.15, 0.2) is 36.4 Å². The molecule has 0 saturated carbocycles. The summed E-state index contributed by atoms with van der Waals surface area (Å²) in [5.74, 6) is -1.23. The maximum atomic E-state index is 12.2. The van der Waals surface area contributed by atoms with Crippen molar-refractivity contribution in [1.82, 2.24) is 5.06 Å². The first-order valence-corrected chi connectivity index (χ1v) is 10.8. The summed E-state index contributed by atoms with van der Waals surface area (Å²) < 4.78 is 5.74. The molecule has 2 unspecified atom stereocenters. The summed E-state index contributed by atoms with van der Waals surface area (Å²) in [7, 11) is 5.22. The van der Waals surface area contributed by atoms with Crippen molar-refractivity contribution in [3.63, 3.8) is 0 Å². The van der Waals surface area contributed by atoms with Crippen LogP contribution in [-0.2, 0) is 16.2 Å². The van der Waals surface area contributed by atoms with Crippen molar-refractivity contribution in [3.05, 3.63) is 47.5 Å². The number of carboxylic acids is 1. The minimum Gasteiger partial charge on any atom is -0.496 e. The van der Waals surface area contributed by atoms with Gasteiger partial charge < -0.3 is 25.6 Å². The average molecular weight is 458 g/mol. The third-order valence-electron chi connectivity index (χ3n) is 6.03. The fourth-order valence-electron chi connectivity index (χ4n) is 4.37. The van der Waals surface area contributed by atoms with Gasteiger partial charge in [0.25, 0.3) is 0 Å². The Morgan fingerprint density at radius 2 is 1.97 bits per heavy atom. The van der Waals surface area contributed by atoms with Crippen molar-refractivity contribution < 1.29 is 29.4 Å². The molecule has 33 heavy (non-hydrogen) atoms. The lowest BCUT2D eigenvalue weighted by atomic mass is 9.91. The van der Waals surface area contributed by atoms with E-state index in [2.05, 4.69) is 0 Å². The summed E-state index contributed by atoms with van der Waals surface area (Å²) in [6, 6.07) is 9.96. The number of hydrogen-bond donors (Lipinski definition) is 3.